The van der Waals surface area contributed by atoms with Crippen LogP contribution in [0.1, 0.15) is 63.3 Å². The normalized spacial score (nSPS) is 13.6. The number of hydrogen-bond acceptors (Lipinski definition) is 5. The molecule has 4 aromatic carbocycles. The smallest absolute Gasteiger partial charge is 0.408 e. The highest BCUT2D eigenvalue weighted by Gasteiger charge is 2.39. The van der Waals surface area contributed by atoms with Crippen molar-refractivity contribution in [3.8, 4) is 0 Å². The van der Waals surface area contributed by atoms with E-state index in [2.05, 4.69) is 90.5 Å². The first-order chi connectivity index (χ1) is 23.1. The van der Waals surface area contributed by atoms with Crippen LogP contribution >= 0.6 is 11.8 Å². The van der Waals surface area contributed by atoms with Gasteiger partial charge in [0.1, 0.15) is 11.6 Å². The molecule has 0 aromatic heterocycles. The maximum atomic E-state index is 14.2. The summed E-state index contributed by atoms with van der Waals surface area (Å²) in [5, 5.41) is 9.80. The SMILES string of the molecule is CC[C@H](C)[C@@H](CNCCc1ccccc1)NC(=O)[C@H](CSC(c1ccccc1)(c1ccccc1)c1ccccc1)NC(=O)OC(C)(C)C. The number of carbonyl (C=O) groups excluding carboxylic acids is 2. The zero-order valence-electron chi connectivity index (χ0n) is 28.9. The highest BCUT2D eigenvalue weighted by molar-refractivity contribution is 8.00. The number of benzene rings is 4. The average Bonchev–Trinajstić information content (AvgIpc) is 3.10. The van der Waals surface area contributed by atoms with Gasteiger partial charge >= 0.3 is 6.09 Å². The third-order valence-electron chi connectivity index (χ3n) is 8.47. The fourth-order valence-electron chi connectivity index (χ4n) is 5.71. The van der Waals surface area contributed by atoms with Crippen LogP contribution in [0.3, 0.4) is 0 Å². The van der Waals surface area contributed by atoms with Crippen molar-refractivity contribution >= 4 is 23.8 Å². The summed E-state index contributed by atoms with van der Waals surface area (Å²) in [6.07, 6.45) is 1.19. The number of alkyl carbamates (subject to hydrolysis) is 1. The van der Waals surface area contributed by atoms with E-state index >= 15 is 0 Å². The lowest BCUT2D eigenvalue weighted by Gasteiger charge is -2.37. The fourth-order valence-corrected chi connectivity index (χ4v) is 7.27. The van der Waals surface area contributed by atoms with Gasteiger partial charge < -0.3 is 20.7 Å². The Labute approximate surface area is 291 Å². The van der Waals surface area contributed by atoms with E-state index in [9.17, 15) is 9.59 Å². The van der Waals surface area contributed by atoms with E-state index in [4.69, 9.17) is 4.74 Å². The molecule has 6 nitrogen and oxygen atoms in total. The molecule has 3 N–H and O–H groups in total. The standard InChI is InChI=1S/C41H51N3O3S/c1-6-31(2)36(29-42-28-27-32-19-11-7-12-20-32)43-38(45)37(44-39(46)47-40(3,4)5)30-48-41(33-21-13-8-14-22-33,34-23-15-9-16-24-34)35-25-17-10-18-26-35/h7-26,31,36-37,42H,6,27-30H2,1-5H3,(H,43,45)(H,44,46)/t31-,36+,37-/m0/s1. The van der Waals surface area contributed by atoms with Gasteiger partial charge in [0.2, 0.25) is 5.91 Å². The molecular formula is C41H51N3O3S. The minimum Gasteiger partial charge on any atom is -0.444 e. The van der Waals surface area contributed by atoms with E-state index in [1.807, 2.05) is 81.4 Å². The third kappa shape index (κ3) is 10.5. The molecule has 0 saturated carbocycles. The molecule has 0 aliphatic rings. The molecule has 7 heteroatoms. The van der Waals surface area contributed by atoms with Crippen LogP contribution in [-0.2, 0) is 20.7 Å². The Kier molecular flexibility index (Phi) is 13.7. The molecule has 3 atom stereocenters. The maximum absolute atomic E-state index is 14.2. The summed E-state index contributed by atoms with van der Waals surface area (Å²) in [6, 6.07) is 40.5. The van der Waals surface area contributed by atoms with Gasteiger partial charge in [0.25, 0.3) is 0 Å². The van der Waals surface area contributed by atoms with Crippen molar-refractivity contribution in [2.45, 2.75) is 69.9 Å². The first kappa shape index (κ1) is 36.8. The molecule has 2 amide bonds. The summed E-state index contributed by atoms with van der Waals surface area (Å²) >= 11 is 1.64. The van der Waals surface area contributed by atoms with Crippen LogP contribution in [0.25, 0.3) is 0 Å². The number of carbonyl (C=O) groups is 2. The molecule has 254 valence electrons. The molecule has 0 unspecified atom stereocenters. The Morgan fingerprint density at radius 2 is 1.21 bits per heavy atom. The van der Waals surface area contributed by atoms with Crippen molar-refractivity contribution in [2.24, 2.45) is 5.92 Å². The van der Waals surface area contributed by atoms with Crippen LogP contribution in [-0.4, -0.2) is 48.5 Å². The van der Waals surface area contributed by atoms with E-state index < -0.39 is 22.5 Å². The molecule has 0 bridgehead atoms. The Balaban J connectivity index is 1.62. The zero-order valence-corrected chi connectivity index (χ0v) is 29.8. The second kappa shape index (κ2) is 17.9. The quantitative estimate of drug-likeness (QED) is 0.0836. The molecule has 0 aliphatic carbocycles. The molecule has 0 heterocycles. The van der Waals surface area contributed by atoms with Gasteiger partial charge in [-0.2, -0.15) is 0 Å². The number of rotatable bonds is 16. The first-order valence-corrected chi connectivity index (χ1v) is 18.0. The van der Waals surface area contributed by atoms with Gasteiger partial charge in [-0.1, -0.05) is 142 Å². The Bertz CT molecular complexity index is 1430. The molecule has 0 spiro atoms. The maximum Gasteiger partial charge on any atom is 0.408 e. The second-order valence-electron chi connectivity index (χ2n) is 13.2. The van der Waals surface area contributed by atoms with Crippen LogP contribution in [0.2, 0.25) is 0 Å². The Hall–Kier alpha value is -4.07. The van der Waals surface area contributed by atoms with E-state index in [0.717, 1.165) is 36.1 Å². The lowest BCUT2D eigenvalue weighted by Crippen LogP contribution is -2.55. The summed E-state index contributed by atoms with van der Waals surface area (Å²) in [4.78, 5) is 27.4. The van der Waals surface area contributed by atoms with Crippen molar-refractivity contribution in [3.05, 3.63) is 144 Å². The van der Waals surface area contributed by atoms with E-state index in [1.165, 1.54) is 5.56 Å². The predicted octanol–water partition coefficient (Wildman–Crippen LogP) is 7.97. The molecule has 4 aromatic rings. The zero-order chi connectivity index (χ0) is 34.4. The van der Waals surface area contributed by atoms with Crippen molar-refractivity contribution in [3.63, 3.8) is 0 Å². The molecule has 0 radical (unpaired) electrons. The lowest BCUT2D eigenvalue weighted by molar-refractivity contribution is -0.123. The van der Waals surface area contributed by atoms with E-state index in [-0.39, 0.29) is 17.9 Å². The fraction of sp³-hybridized carbons (Fsp3) is 0.366. The predicted molar refractivity (Wildman–Crippen MR) is 199 cm³/mol. The average molecular weight is 666 g/mol. The molecule has 0 aliphatic heterocycles. The van der Waals surface area contributed by atoms with Gasteiger partial charge in [0.15, 0.2) is 0 Å². The summed E-state index contributed by atoms with van der Waals surface area (Å²) < 4.78 is 5.00. The number of ether oxygens (including phenoxy) is 1. The first-order valence-electron chi connectivity index (χ1n) is 17.0. The van der Waals surface area contributed by atoms with Gasteiger partial charge in [0, 0.05) is 18.3 Å². The molecule has 48 heavy (non-hydrogen) atoms. The molecule has 0 fully saturated rings. The highest BCUT2D eigenvalue weighted by atomic mass is 32.2. The largest absolute Gasteiger partial charge is 0.444 e. The minimum absolute atomic E-state index is 0.117. The van der Waals surface area contributed by atoms with Crippen molar-refractivity contribution in [1.29, 1.82) is 0 Å². The van der Waals surface area contributed by atoms with Gasteiger partial charge in [-0.25, -0.2) is 4.79 Å². The topological polar surface area (TPSA) is 79.5 Å². The number of hydrogen-bond donors (Lipinski definition) is 3. The van der Waals surface area contributed by atoms with Crippen LogP contribution in [0, 0.1) is 5.92 Å². The molecule has 0 saturated heterocycles. The van der Waals surface area contributed by atoms with Crippen molar-refractivity contribution in [1.82, 2.24) is 16.0 Å². The highest BCUT2D eigenvalue weighted by Crippen LogP contribution is 2.48. The summed E-state index contributed by atoms with van der Waals surface area (Å²) in [5.41, 5.74) is 3.82. The van der Waals surface area contributed by atoms with Gasteiger partial charge in [-0.15, -0.1) is 11.8 Å². The molecule has 4 rings (SSSR count). The van der Waals surface area contributed by atoms with Crippen molar-refractivity contribution < 1.29 is 14.3 Å². The van der Waals surface area contributed by atoms with E-state index in [0.29, 0.717) is 12.3 Å². The number of thioether (sulfide) groups is 1. The number of amides is 2. The third-order valence-corrected chi connectivity index (χ3v) is 10.1. The minimum atomic E-state index is -0.851. The molecular weight excluding hydrogens is 615 g/mol. The van der Waals surface area contributed by atoms with Crippen LogP contribution in [0.4, 0.5) is 4.79 Å². The van der Waals surface area contributed by atoms with Crippen molar-refractivity contribution in [2.75, 3.05) is 18.8 Å². The van der Waals surface area contributed by atoms with Gasteiger partial charge in [-0.05, 0) is 61.9 Å². The number of nitrogens with one attached hydrogen (secondary N) is 3. The van der Waals surface area contributed by atoms with Crippen LogP contribution in [0.15, 0.2) is 121 Å². The van der Waals surface area contributed by atoms with Crippen LogP contribution < -0.4 is 16.0 Å². The van der Waals surface area contributed by atoms with Gasteiger partial charge in [0.05, 0.1) is 4.75 Å². The summed E-state index contributed by atoms with van der Waals surface area (Å²) in [7, 11) is 0. The lowest BCUT2D eigenvalue weighted by atomic mass is 9.84. The Morgan fingerprint density at radius 3 is 1.67 bits per heavy atom. The van der Waals surface area contributed by atoms with Gasteiger partial charge in [-0.3, -0.25) is 4.79 Å². The second-order valence-corrected chi connectivity index (χ2v) is 14.5. The van der Waals surface area contributed by atoms with E-state index in [1.54, 1.807) is 11.8 Å². The summed E-state index contributed by atoms with van der Waals surface area (Å²) in [6.45, 7) is 11.2. The Morgan fingerprint density at radius 1 is 0.729 bits per heavy atom. The monoisotopic (exact) mass is 665 g/mol. The van der Waals surface area contributed by atoms with Crippen LogP contribution in [0.5, 0.6) is 0 Å². The summed E-state index contributed by atoms with van der Waals surface area (Å²) in [5.74, 6) is 0.301.